The van der Waals surface area contributed by atoms with Gasteiger partial charge in [0.15, 0.2) is 0 Å². The maximum atomic E-state index is 13.2. The molecular formula is C23H28N6O2. The number of anilines is 2. The number of nitrogens with one attached hydrogen (secondary N) is 3. The first-order chi connectivity index (χ1) is 15.0. The third-order valence-electron chi connectivity index (χ3n) is 5.17. The van der Waals surface area contributed by atoms with E-state index in [-0.39, 0.29) is 11.9 Å². The molecule has 162 valence electrons. The van der Waals surface area contributed by atoms with E-state index in [2.05, 4.69) is 39.8 Å². The Bertz CT molecular complexity index is 1030. The maximum absolute atomic E-state index is 13.2. The number of hydrogen-bond acceptors (Lipinski definition) is 6. The predicted molar refractivity (Wildman–Crippen MR) is 121 cm³/mol. The minimum Gasteiger partial charge on any atom is -0.491 e. The second-order valence-corrected chi connectivity index (χ2v) is 8.01. The van der Waals surface area contributed by atoms with E-state index in [0.29, 0.717) is 36.5 Å². The average Bonchev–Trinajstić information content (AvgIpc) is 3.43. The number of rotatable bonds is 8. The van der Waals surface area contributed by atoms with Crippen LogP contribution in [0.3, 0.4) is 0 Å². The lowest BCUT2D eigenvalue weighted by Crippen LogP contribution is -2.42. The highest BCUT2D eigenvalue weighted by molar-refractivity contribution is 5.85. The van der Waals surface area contributed by atoms with Crippen molar-refractivity contribution in [2.24, 2.45) is 5.92 Å². The molecule has 0 radical (unpaired) electrons. The fraction of sp³-hybridized carbons (Fsp3) is 0.348. The number of para-hydroxylation sites is 1. The van der Waals surface area contributed by atoms with Crippen LogP contribution >= 0.6 is 0 Å². The van der Waals surface area contributed by atoms with Crippen LogP contribution in [0.1, 0.15) is 31.9 Å². The lowest BCUT2D eigenvalue weighted by Gasteiger charge is -2.23. The minimum atomic E-state index is -0.440. The van der Waals surface area contributed by atoms with Crippen molar-refractivity contribution in [3.05, 3.63) is 60.4 Å². The van der Waals surface area contributed by atoms with Crippen molar-refractivity contribution >= 4 is 17.7 Å². The molecule has 0 saturated carbocycles. The summed E-state index contributed by atoms with van der Waals surface area (Å²) in [6.45, 7) is 4.63. The Kier molecular flexibility index (Phi) is 6.06. The zero-order valence-corrected chi connectivity index (χ0v) is 18.0. The lowest BCUT2D eigenvalue weighted by atomic mass is 10.0. The van der Waals surface area contributed by atoms with Crippen molar-refractivity contribution in [1.29, 1.82) is 0 Å². The normalized spacial score (nSPS) is 15.8. The Morgan fingerprint density at radius 2 is 1.97 bits per heavy atom. The number of hydrogen-bond donors (Lipinski definition) is 3. The highest BCUT2D eigenvalue weighted by atomic mass is 16.5. The first-order valence-corrected chi connectivity index (χ1v) is 10.5. The highest BCUT2D eigenvalue weighted by Gasteiger charge is 2.29. The van der Waals surface area contributed by atoms with Gasteiger partial charge in [-0.25, -0.2) is 0 Å². The molecule has 0 bridgehead atoms. The Balaban J connectivity index is 1.54. The average molecular weight is 421 g/mol. The van der Waals surface area contributed by atoms with Crippen LogP contribution in [0.4, 0.5) is 11.8 Å². The monoisotopic (exact) mass is 420 g/mol. The summed E-state index contributed by atoms with van der Waals surface area (Å²) in [5.74, 6) is 2.86. The van der Waals surface area contributed by atoms with E-state index in [1.807, 2.05) is 59.4 Å². The van der Waals surface area contributed by atoms with Crippen molar-refractivity contribution in [1.82, 2.24) is 19.9 Å². The van der Waals surface area contributed by atoms with Crippen LogP contribution in [0.25, 0.3) is 5.82 Å². The van der Waals surface area contributed by atoms with E-state index in [4.69, 9.17) is 4.74 Å². The van der Waals surface area contributed by atoms with E-state index >= 15 is 0 Å². The lowest BCUT2D eigenvalue weighted by molar-refractivity contribution is -0.123. The van der Waals surface area contributed by atoms with E-state index in [1.165, 1.54) is 0 Å². The van der Waals surface area contributed by atoms with Crippen LogP contribution in [0.5, 0.6) is 5.75 Å². The van der Waals surface area contributed by atoms with Gasteiger partial charge in [-0.15, -0.1) is 0 Å². The van der Waals surface area contributed by atoms with Crippen LogP contribution in [-0.4, -0.2) is 40.1 Å². The largest absolute Gasteiger partial charge is 0.491 e. The number of ether oxygens (including phenoxy) is 1. The third kappa shape index (κ3) is 4.79. The van der Waals surface area contributed by atoms with Crippen molar-refractivity contribution in [3.63, 3.8) is 0 Å². The van der Waals surface area contributed by atoms with Gasteiger partial charge in [0, 0.05) is 31.1 Å². The summed E-state index contributed by atoms with van der Waals surface area (Å²) in [5, 5.41) is 9.46. The molecule has 0 fully saturated rings. The molecule has 1 aliphatic heterocycles. The second kappa shape index (κ2) is 9.07. The van der Waals surface area contributed by atoms with Gasteiger partial charge in [0.05, 0.1) is 6.04 Å². The molecule has 4 rings (SSSR count). The molecule has 0 saturated heterocycles. The van der Waals surface area contributed by atoms with E-state index < -0.39 is 6.04 Å². The molecular weight excluding hydrogens is 392 g/mol. The summed E-state index contributed by atoms with van der Waals surface area (Å²) in [6.07, 6.45) is 4.50. The molecule has 0 aliphatic carbocycles. The standard InChI is InChI=1S/C23H28N6O2/c1-15(2)12-17(22(30)26-18-14-31-19-9-5-4-8-16(18)19)25-20-13-21(28-23(24-3)27-20)29-10-6-7-11-29/h4-11,13,15,17-18H,12,14H2,1-3H3,(H,26,30)(H2,24,25,27,28). The molecule has 3 aromatic rings. The van der Waals surface area contributed by atoms with Gasteiger partial charge in [0.25, 0.3) is 0 Å². The van der Waals surface area contributed by atoms with Gasteiger partial charge in [-0.05, 0) is 30.5 Å². The SMILES string of the molecule is CNc1nc(NC(CC(C)C)C(=O)NC2COc3ccccc32)cc(-n2cccc2)n1. The number of amides is 1. The van der Waals surface area contributed by atoms with Crippen molar-refractivity contribution in [3.8, 4) is 11.6 Å². The number of aromatic nitrogens is 3. The van der Waals surface area contributed by atoms with E-state index in [9.17, 15) is 4.79 Å². The summed E-state index contributed by atoms with van der Waals surface area (Å²) in [6, 6.07) is 12.9. The molecule has 2 atom stereocenters. The van der Waals surface area contributed by atoms with Crippen molar-refractivity contribution in [2.75, 3.05) is 24.3 Å². The molecule has 8 nitrogen and oxygen atoms in total. The summed E-state index contributed by atoms with van der Waals surface area (Å²) < 4.78 is 7.61. The summed E-state index contributed by atoms with van der Waals surface area (Å²) in [5.41, 5.74) is 1.01. The van der Waals surface area contributed by atoms with Crippen LogP contribution in [0, 0.1) is 5.92 Å². The first-order valence-electron chi connectivity index (χ1n) is 10.5. The number of fused-ring (bicyclic) bond motifs is 1. The molecule has 31 heavy (non-hydrogen) atoms. The van der Waals surface area contributed by atoms with Gasteiger partial charge in [-0.1, -0.05) is 32.0 Å². The third-order valence-corrected chi connectivity index (χ3v) is 5.17. The van der Waals surface area contributed by atoms with E-state index in [1.54, 1.807) is 7.05 Å². The molecule has 3 heterocycles. The van der Waals surface area contributed by atoms with Crippen LogP contribution in [0.2, 0.25) is 0 Å². The highest BCUT2D eigenvalue weighted by Crippen LogP contribution is 2.31. The van der Waals surface area contributed by atoms with Crippen LogP contribution < -0.4 is 20.7 Å². The fourth-order valence-electron chi connectivity index (χ4n) is 3.68. The molecule has 3 N–H and O–H groups in total. The van der Waals surface area contributed by atoms with Crippen LogP contribution in [-0.2, 0) is 4.79 Å². The fourth-order valence-corrected chi connectivity index (χ4v) is 3.68. The van der Waals surface area contributed by atoms with Crippen molar-refractivity contribution < 1.29 is 9.53 Å². The first kappa shape index (κ1) is 20.7. The number of benzene rings is 1. The predicted octanol–water partition coefficient (Wildman–Crippen LogP) is 3.39. The molecule has 8 heteroatoms. The van der Waals surface area contributed by atoms with Gasteiger partial charge in [-0.3, -0.25) is 4.79 Å². The Morgan fingerprint density at radius 3 is 2.71 bits per heavy atom. The van der Waals surface area contributed by atoms with E-state index in [0.717, 1.165) is 11.3 Å². The minimum absolute atomic E-state index is 0.0777. The molecule has 2 unspecified atom stereocenters. The summed E-state index contributed by atoms with van der Waals surface area (Å²) in [4.78, 5) is 22.2. The van der Waals surface area contributed by atoms with Gasteiger partial charge in [0.2, 0.25) is 11.9 Å². The zero-order chi connectivity index (χ0) is 21.8. The van der Waals surface area contributed by atoms with Crippen molar-refractivity contribution in [2.45, 2.75) is 32.4 Å². The smallest absolute Gasteiger partial charge is 0.243 e. The van der Waals surface area contributed by atoms with Gasteiger partial charge < -0.3 is 25.3 Å². The topological polar surface area (TPSA) is 93.1 Å². The molecule has 1 aliphatic rings. The van der Waals surface area contributed by atoms with Gasteiger partial charge in [0.1, 0.15) is 30.0 Å². The molecule has 1 aromatic carbocycles. The molecule has 0 spiro atoms. The molecule has 2 aromatic heterocycles. The van der Waals surface area contributed by atoms with Crippen LogP contribution in [0.15, 0.2) is 54.9 Å². The maximum Gasteiger partial charge on any atom is 0.243 e. The Hall–Kier alpha value is -3.55. The second-order valence-electron chi connectivity index (χ2n) is 8.01. The number of nitrogens with zero attached hydrogens (tertiary/aromatic N) is 3. The summed E-state index contributed by atoms with van der Waals surface area (Å²) >= 11 is 0. The van der Waals surface area contributed by atoms with Gasteiger partial charge >= 0.3 is 0 Å². The number of carbonyl (C=O) groups is 1. The molecule has 1 amide bonds. The number of carbonyl (C=O) groups excluding carboxylic acids is 1. The quantitative estimate of drug-likeness (QED) is 0.517. The van der Waals surface area contributed by atoms with Gasteiger partial charge in [-0.2, -0.15) is 9.97 Å². The zero-order valence-electron chi connectivity index (χ0n) is 18.0. The Labute approximate surface area is 182 Å². The Morgan fingerprint density at radius 1 is 1.19 bits per heavy atom. The summed E-state index contributed by atoms with van der Waals surface area (Å²) in [7, 11) is 1.77.